The minimum atomic E-state index is -0.869. The van der Waals surface area contributed by atoms with Crippen molar-refractivity contribution in [1.82, 2.24) is 0 Å². The van der Waals surface area contributed by atoms with Gasteiger partial charge >= 0.3 is 0 Å². The molecular formula is C13H17ClFNO. The summed E-state index contributed by atoms with van der Waals surface area (Å²) in [5.41, 5.74) is 5.49. The molecule has 0 heterocycles. The van der Waals surface area contributed by atoms with Crippen LogP contribution >= 0.6 is 11.6 Å². The molecule has 2 atom stereocenters. The highest BCUT2D eigenvalue weighted by molar-refractivity contribution is 6.30. The van der Waals surface area contributed by atoms with Crippen LogP contribution in [-0.4, -0.2) is 16.7 Å². The Morgan fingerprint density at radius 2 is 2.29 bits per heavy atom. The fourth-order valence-electron chi connectivity index (χ4n) is 2.57. The van der Waals surface area contributed by atoms with Crippen LogP contribution in [-0.2, 0) is 6.42 Å². The predicted octanol–water partition coefficient (Wildman–Crippen LogP) is 2.65. The molecule has 0 saturated heterocycles. The molecule has 0 aliphatic heterocycles. The van der Waals surface area contributed by atoms with Gasteiger partial charge in [0.25, 0.3) is 0 Å². The van der Waals surface area contributed by atoms with E-state index in [0.29, 0.717) is 29.8 Å². The Kier molecular flexibility index (Phi) is 3.71. The maximum atomic E-state index is 13.6. The van der Waals surface area contributed by atoms with Crippen LogP contribution in [0.3, 0.4) is 0 Å². The molecule has 1 saturated carbocycles. The van der Waals surface area contributed by atoms with Gasteiger partial charge in [-0.1, -0.05) is 17.7 Å². The molecule has 1 aromatic rings. The van der Waals surface area contributed by atoms with Crippen molar-refractivity contribution in [3.63, 3.8) is 0 Å². The summed E-state index contributed by atoms with van der Waals surface area (Å²) in [6.45, 7) is 0. The SMILES string of the molecule is NC1CCCC(O)(Cc2ccc(Cl)cc2F)C1. The van der Waals surface area contributed by atoms with Gasteiger partial charge < -0.3 is 10.8 Å². The molecule has 2 nitrogen and oxygen atoms in total. The number of aliphatic hydroxyl groups is 1. The van der Waals surface area contributed by atoms with Crippen LogP contribution in [0.15, 0.2) is 18.2 Å². The van der Waals surface area contributed by atoms with Gasteiger partial charge in [0.05, 0.1) is 5.60 Å². The second kappa shape index (κ2) is 4.92. The van der Waals surface area contributed by atoms with Crippen LogP contribution in [0.4, 0.5) is 4.39 Å². The van der Waals surface area contributed by atoms with Gasteiger partial charge in [0, 0.05) is 17.5 Å². The van der Waals surface area contributed by atoms with Crippen molar-refractivity contribution in [2.24, 2.45) is 5.73 Å². The van der Waals surface area contributed by atoms with Gasteiger partial charge in [-0.3, -0.25) is 0 Å². The molecule has 0 aromatic heterocycles. The van der Waals surface area contributed by atoms with Crippen LogP contribution in [0, 0.1) is 5.82 Å². The first kappa shape index (κ1) is 12.8. The Labute approximate surface area is 106 Å². The highest BCUT2D eigenvalue weighted by Gasteiger charge is 2.33. The zero-order chi connectivity index (χ0) is 12.5. The van der Waals surface area contributed by atoms with Crippen molar-refractivity contribution in [1.29, 1.82) is 0 Å². The smallest absolute Gasteiger partial charge is 0.127 e. The van der Waals surface area contributed by atoms with Crippen molar-refractivity contribution in [3.05, 3.63) is 34.6 Å². The highest BCUT2D eigenvalue weighted by atomic mass is 35.5. The lowest BCUT2D eigenvalue weighted by Crippen LogP contribution is -2.42. The van der Waals surface area contributed by atoms with Crippen LogP contribution in [0.25, 0.3) is 0 Å². The van der Waals surface area contributed by atoms with Gasteiger partial charge in [0.15, 0.2) is 0 Å². The van der Waals surface area contributed by atoms with Crippen LogP contribution < -0.4 is 5.73 Å². The minimum absolute atomic E-state index is 0.0177. The van der Waals surface area contributed by atoms with Gasteiger partial charge in [-0.05, 0) is 43.4 Å². The van der Waals surface area contributed by atoms with E-state index < -0.39 is 5.60 Å². The Morgan fingerprint density at radius 3 is 2.94 bits per heavy atom. The molecule has 1 aromatic carbocycles. The van der Waals surface area contributed by atoms with Crippen molar-refractivity contribution in [2.45, 2.75) is 43.7 Å². The number of benzene rings is 1. The van der Waals surface area contributed by atoms with E-state index in [1.54, 1.807) is 12.1 Å². The first-order valence-electron chi connectivity index (χ1n) is 5.90. The number of rotatable bonds is 2. The topological polar surface area (TPSA) is 46.2 Å². The molecule has 17 heavy (non-hydrogen) atoms. The van der Waals surface area contributed by atoms with Crippen molar-refractivity contribution >= 4 is 11.6 Å². The summed E-state index contributed by atoms with van der Waals surface area (Å²) >= 11 is 5.70. The minimum Gasteiger partial charge on any atom is -0.389 e. The zero-order valence-electron chi connectivity index (χ0n) is 9.63. The third-order valence-electron chi connectivity index (χ3n) is 3.39. The van der Waals surface area contributed by atoms with E-state index in [4.69, 9.17) is 17.3 Å². The molecule has 3 N–H and O–H groups in total. The van der Waals surface area contributed by atoms with Crippen molar-refractivity contribution in [2.75, 3.05) is 0 Å². The predicted molar refractivity (Wildman–Crippen MR) is 66.5 cm³/mol. The summed E-state index contributed by atoms with van der Waals surface area (Å²) in [6, 6.07) is 4.58. The third kappa shape index (κ3) is 3.18. The molecule has 94 valence electrons. The number of hydrogen-bond donors (Lipinski definition) is 2. The van der Waals surface area contributed by atoms with Crippen LogP contribution in [0.1, 0.15) is 31.2 Å². The van der Waals surface area contributed by atoms with Gasteiger partial charge in [-0.25, -0.2) is 4.39 Å². The summed E-state index contributed by atoms with van der Waals surface area (Å²) in [7, 11) is 0. The summed E-state index contributed by atoms with van der Waals surface area (Å²) in [5.74, 6) is -0.356. The summed E-state index contributed by atoms with van der Waals surface area (Å²) in [4.78, 5) is 0. The lowest BCUT2D eigenvalue weighted by Gasteiger charge is -2.35. The summed E-state index contributed by atoms with van der Waals surface area (Å²) in [6.07, 6.45) is 3.36. The van der Waals surface area contributed by atoms with E-state index in [-0.39, 0.29) is 11.9 Å². The molecule has 1 fully saturated rings. The summed E-state index contributed by atoms with van der Waals surface area (Å²) in [5, 5.41) is 10.8. The number of halogens is 2. The van der Waals surface area contributed by atoms with E-state index >= 15 is 0 Å². The molecule has 2 rings (SSSR count). The largest absolute Gasteiger partial charge is 0.389 e. The first-order valence-corrected chi connectivity index (χ1v) is 6.28. The maximum absolute atomic E-state index is 13.6. The van der Waals surface area contributed by atoms with Gasteiger partial charge in [0.1, 0.15) is 5.82 Å². The first-order chi connectivity index (χ1) is 7.98. The molecule has 0 amide bonds. The quantitative estimate of drug-likeness (QED) is 0.856. The molecular weight excluding hydrogens is 241 g/mol. The van der Waals surface area contributed by atoms with E-state index in [9.17, 15) is 9.50 Å². The average molecular weight is 258 g/mol. The van der Waals surface area contributed by atoms with E-state index in [1.165, 1.54) is 6.07 Å². The number of nitrogens with two attached hydrogens (primary N) is 1. The van der Waals surface area contributed by atoms with E-state index in [2.05, 4.69) is 0 Å². The lowest BCUT2D eigenvalue weighted by atomic mass is 9.78. The van der Waals surface area contributed by atoms with Gasteiger partial charge in [-0.2, -0.15) is 0 Å². The fraction of sp³-hybridized carbons (Fsp3) is 0.538. The third-order valence-corrected chi connectivity index (χ3v) is 3.63. The monoisotopic (exact) mass is 257 g/mol. The van der Waals surface area contributed by atoms with Gasteiger partial charge in [-0.15, -0.1) is 0 Å². The Hall–Kier alpha value is -0.640. The van der Waals surface area contributed by atoms with Gasteiger partial charge in [0.2, 0.25) is 0 Å². The fourth-order valence-corrected chi connectivity index (χ4v) is 2.72. The van der Waals surface area contributed by atoms with E-state index in [1.807, 2.05) is 0 Å². The normalized spacial score (nSPS) is 29.3. The van der Waals surface area contributed by atoms with E-state index in [0.717, 1.165) is 12.8 Å². The summed E-state index contributed by atoms with van der Waals surface area (Å²) < 4.78 is 13.6. The molecule has 4 heteroatoms. The van der Waals surface area contributed by atoms with Crippen LogP contribution in [0.5, 0.6) is 0 Å². The lowest BCUT2D eigenvalue weighted by molar-refractivity contribution is -0.00257. The Balaban J connectivity index is 2.14. The molecule has 0 bridgehead atoms. The Morgan fingerprint density at radius 1 is 1.53 bits per heavy atom. The number of hydrogen-bond acceptors (Lipinski definition) is 2. The van der Waals surface area contributed by atoms with Crippen molar-refractivity contribution < 1.29 is 9.50 Å². The van der Waals surface area contributed by atoms with Crippen molar-refractivity contribution in [3.8, 4) is 0 Å². The second-order valence-corrected chi connectivity index (χ2v) is 5.43. The molecule has 2 unspecified atom stereocenters. The zero-order valence-corrected chi connectivity index (χ0v) is 10.4. The van der Waals surface area contributed by atoms with Crippen LogP contribution in [0.2, 0.25) is 5.02 Å². The molecule has 1 aliphatic rings. The molecule has 0 radical (unpaired) electrons. The second-order valence-electron chi connectivity index (χ2n) is 4.99. The average Bonchev–Trinajstić information content (AvgIpc) is 2.22. The molecule has 1 aliphatic carbocycles. The maximum Gasteiger partial charge on any atom is 0.127 e. The molecule has 0 spiro atoms. The highest BCUT2D eigenvalue weighted by Crippen LogP contribution is 2.31. The Bertz CT molecular complexity index is 412. The standard InChI is InChI=1S/C13H17ClFNO/c14-10-4-3-9(12(15)6-10)7-13(17)5-1-2-11(16)8-13/h3-4,6,11,17H,1-2,5,7-8,16H2.